The third kappa shape index (κ3) is 5.87. The van der Waals surface area contributed by atoms with Gasteiger partial charge < -0.3 is 15.5 Å². The number of thioether (sulfide) groups is 1. The van der Waals surface area contributed by atoms with Crippen molar-refractivity contribution in [1.29, 1.82) is 0 Å². The lowest BCUT2D eigenvalue weighted by atomic mass is 9.96. The molecule has 3 N–H and O–H groups in total. The summed E-state index contributed by atoms with van der Waals surface area (Å²) in [5.74, 6) is 2.22. The number of nitrogens with one attached hydrogen (secondary N) is 1. The van der Waals surface area contributed by atoms with Gasteiger partial charge in [0.25, 0.3) is 0 Å². The van der Waals surface area contributed by atoms with Crippen LogP contribution in [-0.4, -0.2) is 58.4 Å². The Hall–Kier alpha value is -0.830. The van der Waals surface area contributed by atoms with Crippen LogP contribution in [0, 0.1) is 0 Å². The average Bonchev–Trinajstić information content (AvgIpc) is 3.05. The van der Waals surface area contributed by atoms with E-state index < -0.39 is 6.10 Å². The first-order valence-corrected chi connectivity index (χ1v) is 12.5. The molecule has 1 amide bonds. The van der Waals surface area contributed by atoms with E-state index in [1.165, 1.54) is 10.4 Å². The molecule has 29 heavy (non-hydrogen) atoms. The molecule has 0 bridgehead atoms. The van der Waals surface area contributed by atoms with Crippen molar-refractivity contribution < 1.29 is 15.0 Å². The molecule has 2 atom stereocenters. The number of piperidine rings is 1. The van der Waals surface area contributed by atoms with Crippen LogP contribution < -0.4 is 5.32 Å². The number of carbonyl (C=O) groups is 1. The van der Waals surface area contributed by atoms with Gasteiger partial charge in [-0.05, 0) is 49.6 Å². The van der Waals surface area contributed by atoms with Crippen molar-refractivity contribution in [3.8, 4) is 0 Å². The molecular formula is C21H29ClN2O3S2. The molecule has 0 radical (unpaired) electrons. The first kappa shape index (κ1) is 22.8. The fourth-order valence-electron chi connectivity index (χ4n) is 3.88. The van der Waals surface area contributed by atoms with Crippen molar-refractivity contribution in [3.63, 3.8) is 0 Å². The summed E-state index contributed by atoms with van der Waals surface area (Å²) in [6.07, 6.45) is 6.99. The van der Waals surface area contributed by atoms with Crippen LogP contribution in [0.1, 0.15) is 41.9 Å². The number of rotatable bonds is 7. The number of allylic oxidation sites excluding steroid dienone is 2. The van der Waals surface area contributed by atoms with Crippen molar-refractivity contribution in [2.75, 3.05) is 36.6 Å². The Morgan fingerprint density at radius 1 is 1.48 bits per heavy atom. The summed E-state index contributed by atoms with van der Waals surface area (Å²) >= 11 is 9.23. The highest BCUT2D eigenvalue weighted by atomic mass is 35.5. The van der Waals surface area contributed by atoms with E-state index in [1.54, 1.807) is 11.3 Å². The van der Waals surface area contributed by atoms with E-state index in [0.29, 0.717) is 12.4 Å². The molecule has 1 fully saturated rings. The van der Waals surface area contributed by atoms with E-state index in [0.717, 1.165) is 53.5 Å². The summed E-state index contributed by atoms with van der Waals surface area (Å²) in [6.45, 7) is 3.51. The summed E-state index contributed by atoms with van der Waals surface area (Å²) in [4.78, 5) is 15.9. The molecule has 2 aliphatic heterocycles. The van der Waals surface area contributed by atoms with Crippen LogP contribution >= 0.6 is 34.7 Å². The van der Waals surface area contributed by atoms with Crippen molar-refractivity contribution >= 4 is 45.6 Å². The Balaban J connectivity index is 1.81. The molecule has 1 aromatic heterocycles. The molecule has 5 nitrogen and oxygen atoms in total. The topological polar surface area (TPSA) is 72.8 Å². The second-order valence-corrected chi connectivity index (χ2v) is 9.90. The smallest absolute Gasteiger partial charge is 0.239 e. The first-order chi connectivity index (χ1) is 14.0. The highest BCUT2D eigenvalue weighted by Gasteiger charge is 2.28. The van der Waals surface area contributed by atoms with Crippen LogP contribution in [0.2, 0.25) is 0 Å². The number of alkyl halides is 1. The zero-order valence-corrected chi connectivity index (χ0v) is 19.1. The fourth-order valence-corrected chi connectivity index (χ4v) is 6.39. The fraction of sp³-hybridized carbons (Fsp3) is 0.571. The van der Waals surface area contributed by atoms with Crippen LogP contribution in [0.15, 0.2) is 23.8 Å². The minimum absolute atomic E-state index is 0.0999. The largest absolute Gasteiger partial charge is 0.392 e. The number of hydrogen-bond acceptors (Lipinski definition) is 6. The molecule has 2 unspecified atom stereocenters. The summed E-state index contributed by atoms with van der Waals surface area (Å²) in [5, 5.41) is 24.8. The van der Waals surface area contributed by atoms with Gasteiger partial charge in [-0.3, -0.25) is 9.69 Å². The second-order valence-electron chi connectivity index (χ2n) is 7.38. The number of thiophene rings is 1. The van der Waals surface area contributed by atoms with E-state index in [-0.39, 0.29) is 18.6 Å². The molecule has 160 valence electrons. The minimum Gasteiger partial charge on any atom is -0.392 e. The summed E-state index contributed by atoms with van der Waals surface area (Å²) < 4.78 is 0. The number of carbonyl (C=O) groups excluding carboxylic acids is 1. The van der Waals surface area contributed by atoms with Crippen LogP contribution in [0.5, 0.6) is 0 Å². The van der Waals surface area contributed by atoms with Gasteiger partial charge in [-0.1, -0.05) is 18.2 Å². The molecule has 2 aliphatic rings. The van der Waals surface area contributed by atoms with Crippen molar-refractivity contribution in [2.45, 2.75) is 44.1 Å². The second kappa shape index (κ2) is 11.0. The summed E-state index contributed by atoms with van der Waals surface area (Å²) in [7, 11) is 0. The van der Waals surface area contributed by atoms with Gasteiger partial charge in [0.1, 0.15) is 11.1 Å². The van der Waals surface area contributed by atoms with Gasteiger partial charge in [-0.25, -0.2) is 0 Å². The minimum atomic E-state index is -0.797. The highest BCUT2D eigenvalue weighted by molar-refractivity contribution is 7.98. The molecule has 3 rings (SSSR count). The Bertz CT molecular complexity index is 778. The number of aliphatic hydroxyl groups is 2. The predicted molar refractivity (Wildman–Crippen MR) is 123 cm³/mol. The molecule has 0 spiro atoms. The number of nitrogens with zero attached hydrogens (tertiary/aromatic N) is 1. The van der Waals surface area contributed by atoms with Crippen LogP contribution in [0.25, 0.3) is 0 Å². The number of amides is 1. The lowest BCUT2D eigenvalue weighted by molar-refractivity contribution is -0.118. The van der Waals surface area contributed by atoms with E-state index >= 15 is 0 Å². The number of anilines is 1. The molecule has 1 saturated heterocycles. The highest BCUT2D eigenvalue weighted by Crippen LogP contribution is 2.44. The quantitative estimate of drug-likeness (QED) is 0.431. The maximum atomic E-state index is 12.7. The number of fused-ring (bicyclic) bond motifs is 1. The Kier molecular flexibility index (Phi) is 8.65. The van der Waals surface area contributed by atoms with Crippen LogP contribution in [-0.2, 0) is 17.0 Å². The van der Waals surface area contributed by atoms with Gasteiger partial charge in [0.05, 0.1) is 12.6 Å². The third-order valence-electron chi connectivity index (χ3n) is 5.28. The van der Waals surface area contributed by atoms with Gasteiger partial charge in [0, 0.05) is 28.6 Å². The molecule has 0 saturated carbocycles. The maximum Gasteiger partial charge on any atom is 0.239 e. The summed E-state index contributed by atoms with van der Waals surface area (Å²) in [5.41, 5.74) is 2.77. The number of halogens is 1. The van der Waals surface area contributed by atoms with Gasteiger partial charge in [0.2, 0.25) is 5.91 Å². The molecule has 0 aliphatic carbocycles. The SMILES string of the molecule is C/C=C(\C=C/CCl)C(O)c1c(NC(=O)CN2CCCC(O)C2)sc2c1CCSC2. The van der Waals surface area contributed by atoms with Gasteiger partial charge in [-0.2, -0.15) is 11.8 Å². The van der Waals surface area contributed by atoms with Crippen LogP contribution in [0.3, 0.4) is 0 Å². The molecule has 1 aromatic rings. The number of β-amino-alcohol motifs (C(OH)–C–C–N with tert-alkyl or cyclic N) is 1. The van der Waals surface area contributed by atoms with Gasteiger partial charge >= 0.3 is 0 Å². The van der Waals surface area contributed by atoms with Crippen molar-refractivity contribution in [3.05, 3.63) is 39.8 Å². The first-order valence-electron chi connectivity index (χ1n) is 10.0. The Morgan fingerprint density at radius 2 is 2.31 bits per heavy atom. The van der Waals surface area contributed by atoms with E-state index in [2.05, 4.69) is 5.32 Å². The number of aliphatic hydroxyl groups excluding tert-OH is 2. The van der Waals surface area contributed by atoms with Crippen molar-refractivity contribution in [2.24, 2.45) is 0 Å². The normalized spacial score (nSPS) is 21.9. The molecular weight excluding hydrogens is 428 g/mol. The zero-order valence-electron chi connectivity index (χ0n) is 16.7. The van der Waals surface area contributed by atoms with Crippen LogP contribution in [0.4, 0.5) is 5.00 Å². The van der Waals surface area contributed by atoms with E-state index in [1.807, 2.05) is 41.8 Å². The Labute approximate surface area is 185 Å². The number of likely N-dealkylation sites (tertiary alicyclic amines) is 1. The maximum absolute atomic E-state index is 12.7. The average molecular weight is 457 g/mol. The lowest BCUT2D eigenvalue weighted by Crippen LogP contribution is -2.42. The zero-order chi connectivity index (χ0) is 20.8. The molecule has 3 heterocycles. The molecule has 8 heteroatoms. The van der Waals surface area contributed by atoms with E-state index in [4.69, 9.17) is 11.6 Å². The molecule has 0 aromatic carbocycles. The van der Waals surface area contributed by atoms with Gasteiger partial charge in [-0.15, -0.1) is 22.9 Å². The third-order valence-corrected chi connectivity index (χ3v) is 7.79. The summed E-state index contributed by atoms with van der Waals surface area (Å²) in [6, 6.07) is 0. The van der Waals surface area contributed by atoms with Crippen molar-refractivity contribution in [1.82, 2.24) is 4.90 Å². The standard InChI is InChI=1S/C21H29ClN2O3S2/c1-2-14(5-3-8-22)20(27)19-16-7-10-28-13-17(16)29-21(19)23-18(26)12-24-9-4-6-15(25)11-24/h2-3,5,15,20,25,27H,4,6-13H2,1H3,(H,23,26)/b5-3-,14-2+. The Morgan fingerprint density at radius 3 is 3.03 bits per heavy atom. The predicted octanol–water partition coefficient (Wildman–Crippen LogP) is 3.71. The monoisotopic (exact) mass is 456 g/mol. The van der Waals surface area contributed by atoms with E-state index in [9.17, 15) is 15.0 Å². The van der Waals surface area contributed by atoms with Gasteiger partial charge in [0.15, 0.2) is 0 Å². The number of hydrogen-bond donors (Lipinski definition) is 3. The lowest BCUT2D eigenvalue weighted by Gasteiger charge is -2.29.